The van der Waals surface area contributed by atoms with Gasteiger partial charge in [-0.05, 0) is 35.8 Å². The van der Waals surface area contributed by atoms with Crippen LogP contribution in [-0.4, -0.2) is 98.9 Å². The highest BCUT2D eigenvalue weighted by Gasteiger charge is 2.58. The van der Waals surface area contributed by atoms with E-state index >= 15 is 0 Å². The Morgan fingerprint density at radius 2 is 1.56 bits per heavy atom. The van der Waals surface area contributed by atoms with Crippen LogP contribution in [0.1, 0.15) is 32.8 Å². The summed E-state index contributed by atoms with van der Waals surface area (Å²) in [7, 11) is 4.30. The normalized spacial score (nSPS) is 35.6. The smallest absolute Gasteiger partial charge is 0.286 e. The van der Waals surface area contributed by atoms with Crippen molar-refractivity contribution in [1.29, 1.82) is 0 Å². The van der Waals surface area contributed by atoms with Crippen molar-refractivity contribution in [3.8, 4) is 5.75 Å². The number of ether oxygens (including phenoxy) is 9. The topological polar surface area (TPSA) is 92.3 Å². The Hall–Kier alpha value is -1.12. The monoisotopic (exact) mass is 570 g/mol. The van der Waals surface area contributed by atoms with Crippen molar-refractivity contribution in [1.82, 2.24) is 0 Å². The quantitative estimate of drug-likeness (QED) is 0.408. The summed E-state index contributed by atoms with van der Waals surface area (Å²) in [5.74, 6) is -0.508. The van der Waals surface area contributed by atoms with Crippen LogP contribution < -0.4 is 4.74 Å². The number of methoxy groups -OCH3 is 4. The Balaban J connectivity index is 1.52. The van der Waals surface area contributed by atoms with Gasteiger partial charge >= 0.3 is 0 Å². The van der Waals surface area contributed by atoms with Gasteiger partial charge in [0.15, 0.2) is 14.6 Å². The maximum absolute atomic E-state index is 6.92. The molecule has 39 heavy (non-hydrogen) atoms. The van der Waals surface area contributed by atoms with Crippen molar-refractivity contribution in [2.45, 2.75) is 101 Å². The Morgan fingerprint density at radius 3 is 2.15 bits per heavy atom. The zero-order chi connectivity index (χ0) is 28.4. The lowest BCUT2D eigenvalue weighted by Gasteiger charge is -2.54. The van der Waals surface area contributed by atoms with Crippen LogP contribution in [0.2, 0.25) is 18.1 Å². The van der Waals surface area contributed by atoms with E-state index in [0.29, 0.717) is 13.0 Å². The second kappa shape index (κ2) is 12.4. The van der Waals surface area contributed by atoms with E-state index < -0.39 is 45.0 Å². The van der Waals surface area contributed by atoms with Gasteiger partial charge in [-0.1, -0.05) is 32.9 Å². The van der Waals surface area contributed by atoms with Crippen LogP contribution in [0.5, 0.6) is 5.75 Å². The number of rotatable bonds is 9. The van der Waals surface area contributed by atoms with E-state index in [9.17, 15) is 0 Å². The Bertz CT molecular complexity index is 922. The zero-order valence-electron chi connectivity index (χ0n) is 24.8. The Kier molecular flexibility index (Phi) is 9.80. The second-order valence-corrected chi connectivity index (χ2v) is 16.6. The third-order valence-corrected chi connectivity index (χ3v) is 12.9. The minimum atomic E-state index is -2.17. The van der Waals surface area contributed by atoms with Gasteiger partial charge < -0.3 is 47.1 Å². The lowest BCUT2D eigenvalue weighted by atomic mass is 9.96. The highest BCUT2D eigenvalue weighted by atomic mass is 28.4. The summed E-state index contributed by atoms with van der Waals surface area (Å²) in [6, 6.07) is 7.84. The van der Waals surface area contributed by atoms with Crippen molar-refractivity contribution in [2.75, 3.05) is 41.7 Å². The van der Waals surface area contributed by atoms with E-state index in [-0.39, 0.29) is 30.5 Å². The lowest BCUT2D eigenvalue weighted by Crippen LogP contribution is -2.68. The van der Waals surface area contributed by atoms with E-state index in [1.807, 2.05) is 24.3 Å². The maximum Gasteiger partial charge on any atom is 0.286 e. The third kappa shape index (κ3) is 6.69. The third-order valence-electron chi connectivity index (χ3n) is 8.36. The summed E-state index contributed by atoms with van der Waals surface area (Å²) in [6.45, 7) is 12.1. The van der Waals surface area contributed by atoms with E-state index in [2.05, 4.69) is 33.9 Å². The SMILES string of the molecule is COc1ccc(CO[C@@H]2COC3(C[C@H]2O[Si](C)(C)C(C)(C)C)OC[C@H]2O[C@H](OC)[C@H](OC)[C@@H](OC)[C@@H]2O3)cc1. The van der Waals surface area contributed by atoms with Gasteiger partial charge in [-0.15, -0.1) is 0 Å². The molecule has 3 saturated heterocycles. The Labute approximate surface area is 233 Å². The van der Waals surface area contributed by atoms with Crippen LogP contribution in [-0.2, 0) is 48.9 Å². The lowest BCUT2D eigenvalue weighted by molar-refractivity contribution is -0.477. The predicted octanol–water partition coefficient (Wildman–Crippen LogP) is 3.86. The molecule has 1 spiro atoms. The molecule has 1 aromatic rings. The average molecular weight is 571 g/mol. The molecule has 3 aliphatic rings. The highest BCUT2D eigenvalue weighted by Crippen LogP contribution is 2.44. The van der Waals surface area contributed by atoms with Gasteiger partial charge in [0.25, 0.3) is 5.97 Å². The molecule has 3 aliphatic heterocycles. The Morgan fingerprint density at radius 1 is 0.897 bits per heavy atom. The molecule has 0 aliphatic carbocycles. The summed E-state index contributed by atoms with van der Waals surface area (Å²) in [5.41, 5.74) is 1.04. The first-order valence-electron chi connectivity index (χ1n) is 13.6. The fourth-order valence-corrected chi connectivity index (χ4v) is 6.35. The second-order valence-electron chi connectivity index (χ2n) is 11.9. The molecule has 1 aromatic carbocycles. The fraction of sp³-hybridized carbons (Fsp3) is 0.786. The maximum atomic E-state index is 6.92. The van der Waals surface area contributed by atoms with Crippen LogP contribution in [0.15, 0.2) is 24.3 Å². The van der Waals surface area contributed by atoms with Crippen LogP contribution in [0.4, 0.5) is 0 Å². The zero-order valence-corrected chi connectivity index (χ0v) is 25.8. The number of hydrogen-bond acceptors (Lipinski definition) is 10. The van der Waals surface area contributed by atoms with E-state index in [1.165, 1.54) is 0 Å². The van der Waals surface area contributed by atoms with Gasteiger partial charge in [-0.3, -0.25) is 0 Å². The molecule has 0 radical (unpaired) electrons. The number of hydrogen-bond donors (Lipinski definition) is 0. The van der Waals surface area contributed by atoms with Gasteiger partial charge in [0, 0.05) is 21.3 Å². The molecule has 10 nitrogen and oxygen atoms in total. The molecule has 0 aromatic heterocycles. The van der Waals surface area contributed by atoms with Crippen LogP contribution >= 0.6 is 0 Å². The van der Waals surface area contributed by atoms with Crippen molar-refractivity contribution < 1.29 is 47.1 Å². The summed E-state index contributed by atoms with van der Waals surface area (Å²) in [4.78, 5) is 0. The van der Waals surface area contributed by atoms with Crippen LogP contribution in [0.3, 0.4) is 0 Å². The van der Waals surface area contributed by atoms with Crippen molar-refractivity contribution in [2.24, 2.45) is 0 Å². The molecule has 0 amide bonds. The molecule has 8 atom stereocenters. The molecule has 0 bridgehead atoms. The first-order valence-corrected chi connectivity index (χ1v) is 16.5. The average Bonchev–Trinajstić information content (AvgIpc) is 2.91. The standard InChI is InChI=1S/C28H46O10Si/c1-27(2,3)39(8,9)38-20-14-28(34-16-21(20)33-15-18-10-12-19(29-4)13-11-18)35-17-22-23(37-28)24(30-5)25(31-6)26(32-7)36-22/h10-13,20-26H,14-17H2,1-9H3/t20-,21-,22-,23-,24+,25-,26+,28?/m1/s1. The summed E-state index contributed by atoms with van der Waals surface area (Å²) < 4.78 is 60.8. The first-order chi connectivity index (χ1) is 18.5. The van der Waals surface area contributed by atoms with Crippen molar-refractivity contribution >= 4 is 8.32 Å². The van der Waals surface area contributed by atoms with E-state index in [1.54, 1.807) is 28.4 Å². The molecule has 3 fully saturated rings. The predicted molar refractivity (Wildman–Crippen MR) is 145 cm³/mol. The summed E-state index contributed by atoms with van der Waals surface area (Å²) in [6.07, 6.45) is -2.65. The molecular weight excluding hydrogens is 524 g/mol. The minimum Gasteiger partial charge on any atom is -0.497 e. The highest BCUT2D eigenvalue weighted by molar-refractivity contribution is 6.74. The molecule has 4 rings (SSSR count). The van der Waals surface area contributed by atoms with Gasteiger partial charge in [0.05, 0.1) is 39.5 Å². The molecule has 222 valence electrons. The van der Waals surface area contributed by atoms with E-state index in [0.717, 1.165) is 11.3 Å². The van der Waals surface area contributed by atoms with E-state index in [4.69, 9.17) is 47.1 Å². The molecule has 11 heteroatoms. The van der Waals surface area contributed by atoms with Gasteiger partial charge in [-0.25, -0.2) is 0 Å². The summed E-state index contributed by atoms with van der Waals surface area (Å²) in [5, 5.41) is 0.0115. The minimum absolute atomic E-state index is 0.0115. The molecule has 0 saturated carbocycles. The number of fused-ring (bicyclic) bond motifs is 1. The summed E-state index contributed by atoms with van der Waals surface area (Å²) >= 11 is 0. The van der Waals surface area contributed by atoms with Gasteiger partial charge in [0.2, 0.25) is 0 Å². The van der Waals surface area contributed by atoms with Crippen molar-refractivity contribution in [3.63, 3.8) is 0 Å². The van der Waals surface area contributed by atoms with Gasteiger partial charge in [-0.2, -0.15) is 0 Å². The van der Waals surface area contributed by atoms with Gasteiger partial charge in [0.1, 0.15) is 36.3 Å². The largest absolute Gasteiger partial charge is 0.497 e. The molecule has 0 N–H and O–H groups in total. The fourth-order valence-electron chi connectivity index (χ4n) is 5.00. The number of benzene rings is 1. The molecule has 3 heterocycles. The molecule has 1 unspecified atom stereocenters. The van der Waals surface area contributed by atoms with Crippen LogP contribution in [0.25, 0.3) is 0 Å². The van der Waals surface area contributed by atoms with Crippen LogP contribution in [0, 0.1) is 0 Å². The first kappa shape index (κ1) is 30.8. The van der Waals surface area contributed by atoms with Crippen molar-refractivity contribution in [3.05, 3.63) is 29.8 Å². The molecular formula is C28H46O10Si.